The van der Waals surface area contributed by atoms with E-state index in [1.54, 1.807) is 0 Å². The van der Waals surface area contributed by atoms with Gasteiger partial charge in [-0.05, 0) is 25.2 Å². The van der Waals surface area contributed by atoms with Crippen molar-refractivity contribution in [2.24, 2.45) is 11.7 Å². The van der Waals surface area contributed by atoms with Crippen LogP contribution in [-0.4, -0.2) is 27.1 Å². The van der Waals surface area contributed by atoms with Crippen LogP contribution in [0.3, 0.4) is 0 Å². The van der Waals surface area contributed by atoms with Gasteiger partial charge in [0.25, 0.3) is 5.91 Å². The first kappa shape index (κ1) is 11.9. The Bertz CT molecular complexity index is 436. The minimum atomic E-state index is -4.39. The molecule has 5 nitrogen and oxygen atoms in total. The molecule has 0 bridgehead atoms. The second-order valence-corrected chi connectivity index (χ2v) is 4.17. The highest BCUT2D eigenvalue weighted by molar-refractivity contribution is 5.91. The smallest absolute Gasteiger partial charge is 0.364 e. The molecule has 17 heavy (non-hydrogen) atoms. The molecule has 1 aliphatic rings. The minimum Gasteiger partial charge on any atom is -0.364 e. The Hall–Kier alpha value is -1.60. The lowest BCUT2D eigenvalue weighted by Crippen LogP contribution is -2.22. The highest BCUT2D eigenvalue weighted by Gasteiger charge is 2.33. The van der Waals surface area contributed by atoms with Crippen molar-refractivity contribution in [1.82, 2.24) is 15.0 Å². The van der Waals surface area contributed by atoms with Gasteiger partial charge < -0.3 is 5.73 Å². The van der Waals surface area contributed by atoms with Crippen LogP contribution in [-0.2, 0) is 13.0 Å². The number of aromatic nitrogens is 3. The normalized spacial score (nSPS) is 16.2. The molecule has 2 N–H and O–H groups in total. The van der Waals surface area contributed by atoms with Crippen molar-refractivity contribution < 1.29 is 18.0 Å². The molecule has 1 heterocycles. The first-order valence-corrected chi connectivity index (χ1v) is 5.16. The van der Waals surface area contributed by atoms with Gasteiger partial charge in [0, 0.05) is 0 Å². The van der Waals surface area contributed by atoms with Gasteiger partial charge in [0.05, 0.1) is 5.69 Å². The average Bonchev–Trinajstić information content (AvgIpc) is 2.88. The summed E-state index contributed by atoms with van der Waals surface area (Å²) in [6.45, 7) is -1.24. The van der Waals surface area contributed by atoms with Crippen molar-refractivity contribution >= 4 is 5.91 Å². The first-order valence-electron chi connectivity index (χ1n) is 5.16. The SMILES string of the molecule is NC(=O)c1nnn(CC(F)(F)F)c1CC1CC1. The number of amides is 1. The summed E-state index contributed by atoms with van der Waals surface area (Å²) in [6, 6.07) is 0. The molecule has 1 saturated carbocycles. The molecule has 0 spiro atoms. The molecule has 1 amide bonds. The third kappa shape index (κ3) is 2.95. The molecular weight excluding hydrogens is 237 g/mol. The van der Waals surface area contributed by atoms with Crippen molar-refractivity contribution in [2.75, 3.05) is 0 Å². The Morgan fingerprint density at radius 2 is 2.12 bits per heavy atom. The van der Waals surface area contributed by atoms with E-state index in [0.29, 0.717) is 12.3 Å². The number of hydrogen-bond donors (Lipinski definition) is 1. The molecule has 0 saturated heterocycles. The number of carbonyl (C=O) groups excluding carboxylic acids is 1. The van der Waals surface area contributed by atoms with Gasteiger partial charge in [-0.25, -0.2) is 4.68 Å². The highest BCUT2D eigenvalue weighted by atomic mass is 19.4. The molecular formula is C9H11F3N4O. The predicted octanol–water partition coefficient (Wildman–Crippen LogP) is 0.892. The molecule has 0 unspecified atom stereocenters. The fourth-order valence-corrected chi connectivity index (χ4v) is 1.62. The van der Waals surface area contributed by atoms with Crippen molar-refractivity contribution in [2.45, 2.75) is 32.0 Å². The molecule has 1 aromatic rings. The Morgan fingerprint density at radius 3 is 2.59 bits per heavy atom. The number of halogens is 3. The molecule has 0 atom stereocenters. The maximum Gasteiger partial charge on any atom is 0.408 e. The van der Waals surface area contributed by atoms with E-state index in [4.69, 9.17) is 5.73 Å². The van der Waals surface area contributed by atoms with Crippen molar-refractivity contribution in [3.63, 3.8) is 0 Å². The van der Waals surface area contributed by atoms with Gasteiger partial charge in [0.2, 0.25) is 0 Å². The van der Waals surface area contributed by atoms with Crippen LogP contribution in [0.1, 0.15) is 29.0 Å². The number of nitrogens with two attached hydrogens (primary N) is 1. The number of hydrogen-bond acceptors (Lipinski definition) is 3. The van der Waals surface area contributed by atoms with E-state index in [-0.39, 0.29) is 11.4 Å². The Morgan fingerprint density at radius 1 is 1.47 bits per heavy atom. The lowest BCUT2D eigenvalue weighted by molar-refractivity contribution is -0.143. The molecule has 1 aliphatic carbocycles. The van der Waals surface area contributed by atoms with Gasteiger partial charge in [-0.2, -0.15) is 13.2 Å². The Balaban J connectivity index is 2.27. The summed E-state index contributed by atoms with van der Waals surface area (Å²) in [4.78, 5) is 11.0. The van der Waals surface area contributed by atoms with Gasteiger partial charge in [-0.15, -0.1) is 5.10 Å². The van der Waals surface area contributed by atoms with Crippen LogP contribution in [0.5, 0.6) is 0 Å². The lowest BCUT2D eigenvalue weighted by atomic mass is 10.1. The number of rotatable bonds is 4. The highest BCUT2D eigenvalue weighted by Crippen LogP contribution is 2.33. The Labute approximate surface area is 94.8 Å². The predicted molar refractivity (Wildman–Crippen MR) is 51.0 cm³/mol. The summed E-state index contributed by atoms with van der Waals surface area (Å²) < 4.78 is 37.6. The fourth-order valence-electron chi connectivity index (χ4n) is 1.62. The molecule has 0 radical (unpaired) electrons. The van der Waals surface area contributed by atoms with E-state index in [2.05, 4.69) is 10.3 Å². The number of carbonyl (C=O) groups is 1. The van der Waals surface area contributed by atoms with Crippen molar-refractivity contribution in [3.8, 4) is 0 Å². The zero-order chi connectivity index (χ0) is 12.6. The largest absolute Gasteiger partial charge is 0.408 e. The van der Waals surface area contributed by atoms with Crippen LogP contribution in [0.25, 0.3) is 0 Å². The summed E-state index contributed by atoms with van der Waals surface area (Å²) in [7, 11) is 0. The monoisotopic (exact) mass is 248 g/mol. The van der Waals surface area contributed by atoms with Crippen LogP contribution in [0, 0.1) is 5.92 Å². The first-order chi connectivity index (χ1) is 7.87. The minimum absolute atomic E-state index is 0.152. The number of nitrogens with zero attached hydrogens (tertiary/aromatic N) is 3. The quantitative estimate of drug-likeness (QED) is 0.859. The summed E-state index contributed by atoms with van der Waals surface area (Å²) in [5, 5.41) is 6.77. The third-order valence-electron chi connectivity index (χ3n) is 2.58. The molecule has 1 aromatic heterocycles. The van der Waals surface area contributed by atoms with E-state index in [0.717, 1.165) is 17.5 Å². The van der Waals surface area contributed by atoms with Crippen molar-refractivity contribution in [3.05, 3.63) is 11.4 Å². The maximum atomic E-state index is 12.3. The Kier molecular flexibility index (Phi) is 2.80. The van der Waals surface area contributed by atoms with E-state index < -0.39 is 18.6 Å². The molecule has 0 aromatic carbocycles. The fraction of sp³-hybridized carbons (Fsp3) is 0.667. The van der Waals surface area contributed by atoms with Gasteiger partial charge >= 0.3 is 6.18 Å². The zero-order valence-electron chi connectivity index (χ0n) is 8.87. The van der Waals surface area contributed by atoms with E-state index >= 15 is 0 Å². The second-order valence-electron chi connectivity index (χ2n) is 4.17. The summed E-state index contributed by atoms with van der Waals surface area (Å²) in [5.74, 6) is -0.521. The third-order valence-corrected chi connectivity index (χ3v) is 2.58. The van der Waals surface area contributed by atoms with Crippen molar-refractivity contribution in [1.29, 1.82) is 0 Å². The molecule has 1 fully saturated rings. The zero-order valence-corrected chi connectivity index (χ0v) is 8.87. The van der Waals surface area contributed by atoms with Gasteiger partial charge in [-0.3, -0.25) is 4.79 Å². The summed E-state index contributed by atoms with van der Waals surface area (Å²) in [5.41, 5.74) is 5.09. The second kappa shape index (κ2) is 4.01. The molecule has 2 rings (SSSR count). The van der Waals surface area contributed by atoms with Gasteiger partial charge in [0.15, 0.2) is 5.69 Å². The number of primary amides is 1. The average molecular weight is 248 g/mol. The van der Waals surface area contributed by atoms with Gasteiger partial charge in [-0.1, -0.05) is 5.21 Å². The van der Waals surface area contributed by atoms with Crippen LogP contribution in [0.4, 0.5) is 13.2 Å². The van der Waals surface area contributed by atoms with Crippen LogP contribution in [0.15, 0.2) is 0 Å². The van der Waals surface area contributed by atoms with Crippen LogP contribution < -0.4 is 5.73 Å². The van der Waals surface area contributed by atoms with E-state index in [1.807, 2.05) is 0 Å². The maximum absolute atomic E-state index is 12.3. The molecule has 94 valence electrons. The summed E-state index contributed by atoms with van der Waals surface area (Å²) in [6.07, 6.45) is -2.10. The van der Waals surface area contributed by atoms with Crippen LogP contribution in [0.2, 0.25) is 0 Å². The van der Waals surface area contributed by atoms with Crippen LogP contribution >= 0.6 is 0 Å². The molecule has 8 heteroatoms. The standard InChI is InChI=1S/C9H11F3N4O/c10-9(11,12)4-16-6(3-5-1-2-5)7(8(13)17)14-15-16/h5H,1-4H2,(H2,13,17). The number of alkyl halides is 3. The summed E-state index contributed by atoms with van der Waals surface area (Å²) >= 11 is 0. The van der Waals surface area contributed by atoms with E-state index in [1.165, 1.54) is 0 Å². The van der Waals surface area contributed by atoms with Gasteiger partial charge in [0.1, 0.15) is 6.54 Å². The molecule has 0 aliphatic heterocycles. The van der Waals surface area contributed by atoms with E-state index in [9.17, 15) is 18.0 Å². The lowest BCUT2D eigenvalue weighted by Gasteiger charge is -2.09. The topological polar surface area (TPSA) is 73.8 Å².